The first-order chi connectivity index (χ1) is 12.5. The maximum atomic E-state index is 12.0. The van der Waals surface area contributed by atoms with Crippen molar-refractivity contribution in [3.05, 3.63) is 65.2 Å². The standard InChI is InChI=1S/C19H17NO6/c1-2-25-19(24)15-5-3-4-6-16(15)20-17(22)12-26-18(23)14-9-7-13(11-21)8-10-14/h3-11H,2,12H2,1H3,(H,20,22). The van der Waals surface area contributed by atoms with Crippen LogP contribution in [0.25, 0.3) is 0 Å². The van der Waals surface area contributed by atoms with Gasteiger partial charge in [0.1, 0.15) is 6.29 Å². The third-order valence-corrected chi connectivity index (χ3v) is 3.31. The molecule has 2 aromatic rings. The van der Waals surface area contributed by atoms with Crippen molar-refractivity contribution < 1.29 is 28.7 Å². The fourth-order valence-electron chi connectivity index (χ4n) is 2.08. The minimum absolute atomic E-state index is 0.207. The molecule has 0 aliphatic rings. The van der Waals surface area contributed by atoms with E-state index >= 15 is 0 Å². The Morgan fingerprint density at radius 2 is 1.65 bits per heavy atom. The summed E-state index contributed by atoms with van der Waals surface area (Å²) in [4.78, 5) is 46.3. The van der Waals surface area contributed by atoms with Gasteiger partial charge in [0.05, 0.1) is 23.4 Å². The summed E-state index contributed by atoms with van der Waals surface area (Å²) >= 11 is 0. The third kappa shape index (κ3) is 5.01. The van der Waals surface area contributed by atoms with E-state index in [1.807, 2.05) is 0 Å². The number of rotatable bonds is 7. The molecule has 0 heterocycles. The number of hydrogen-bond acceptors (Lipinski definition) is 6. The zero-order valence-corrected chi connectivity index (χ0v) is 14.1. The van der Waals surface area contributed by atoms with Crippen LogP contribution in [0.4, 0.5) is 5.69 Å². The van der Waals surface area contributed by atoms with Crippen molar-refractivity contribution >= 4 is 29.8 Å². The maximum absolute atomic E-state index is 12.0. The van der Waals surface area contributed by atoms with Crippen molar-refractivity contribution in [2.24, 2.45) is 0 Å². The Balaban J connectivity index is 1.95. The average Bonchev–Trinajstić information content (AvgIpc) is 2.66. The average molecular weight is 355 g/mol. The number of carbonyl (C=O) groups excluding carboxylic acids is 4. The topological polar surface area (TPSA) is 98.8 Å². The van der Waals surface area contributed by atoms with Crippen LogP contribution in [0, 0.1) is 0 Å². The summed E-state index contributed by atoms with van der Waals surface area (Å²) in [5.74, 6) is -1.86. The van der Waals surface area contributed by atoms with E-state index in [-0.39, 0.29) is 23.4 Å². The van der Waals surface area contributed by atoms with Gasteiger partial charge in [0, 0.05) is 5.56 Å². The molecule has 0 fully saturated rings. The summed E-state index contributed by atoms with van der Waals surface area (Å²) < 4.78 is 9.85. The number of benzene rings is 2. The lowest BCUT2D eigenvalue weighted by Crippen LogP contribution is -2.22. The molecule has 26 heavy (non-hydrogen) atoms. The molecule has 0 aliphatic carbocycles. The number of hydrogen-bond donors (Lipinski definition) is 1. The third-order valence-electron chi connectivity index (χ3n) is 3.31. The summed E-state index contributed by atoms with van der Waals surface area (Å²) in [7, 11) is 0. The minimum atomic E-state index is -0.698. The van der Waals surface area contributed by atoms with Crippen LogP contribution in [0.2, 0.25) is 0 Å². The Morgan fingerprint density at radius 1 is 0.962 bits per heavy atom. The largest absolute Gasteiger partial charge is 0.462 e. The van der Waals surface area contributed by atoms with E-state index in [0.717, 1.165) is 0 Å². The molecule has 0 saturated heterocycles. The summed E-state index contributed by atoms with van der Waals surface area (Å²) in [5, 5.41) is 2.51. The molecule has 0 unspecified atom stereocenters. The molecule has 0 spiro atoms. The number of amides is 1. The molecule has 0 bridgehead atoms. The summed E-state index contributed by atoms with van der Waals surface area (Å²) in [6, 6.07) is 12.2. The first-order valence-corrected chi connectivity index (χ1v) is 7.83. The molecular weight excluding hydrogens is 338 g/mol. The molecule has 2 rings (SSSR count). The molecule has 0 atom stereocenters. The van der Waals surface area contributed by atoms with Crippen LogP contribution in [-0.2, 0) is 14.3 Å². The lowest BCUT2D eigenvalue weighted by atomic mass is 10.1. The first-order valence-electron chi connectivity index (χ1n) is 7.83. The van der Waals surface area contributed by atoms with E-state index in [4.69, 9.17) is 9.47 Å². The van der Waals surface area contributed by atoms with Gasteiger partial charge in [-0.15, -0.1) is 0 Å². The van der Waals surface area contributed by atoms with Crippen LogP contribution in [0.3, 0.4) is 0 Å². The number of aldehydes is 1. The SMILES string of the molecule is CCOC(=O)c1ccccc1NC(=O)COC(=O)c1ccc(C=O)cc1. The highest BCUT2D eigenvalue weighted by atomic mass is 16.5. The van der Waals surface area contributed by atoms with Crippen LogP contribution in [0.15, 0.2) is 48.5 Å². The Hall–Kier alpha value is -3.48. The Labute approximate surface area is 149 Å². The molecule has 2 aromatic carbocycles. The number of nitrogens with one attached hydrogen (secondary N) is 1. The first kappa shape index (κ1) is 18.9. The smallest absolute Gasteiger partial charge is 0.340 e. The van der Waals surface area contributed by atoms with Gasteiger partial charge in [-0.2, -0.15) is 0 Å². The quantitative estimate of drug-likeness (QED) is 0.605. The molecule has 1 amide bonds. The van der Waals surface area contributed by atoms with E-state index in [1.54, 1.807) is 25.1 Å². The number of ether oxygens (including phenoxy) is 2. The Kier molecular flexibility index (Phi) is 6.61. The molecule has 0 saturated carbocycles. The highest BCUT2D eigenvalue weighted by molar-refractivity contribution is 6.02. The zero-order valence-electron chi connectivity index (χ0n) is 14.1. The van der Waals surface area contributed by atoms with Gasteiger partial charge in [-0.3, -0.25) is 9.59 Å². The molecule has 0 aliphatic heterocycles. The number of carbonyl (C=O) groups is 4. The monoisotopic (exact) mass is 355 g/mol. The molecule has 0 radical (unpaired) electrons. The lowest BCUT2D eigenvalue weighted by Gasteiger charge is -2.10. The second-order valence-corrected chi connectivity index (χ2v) is 5.13. The van der Waals surface area contributed by atoms with Crippen molar-refractivity contribution in [1.82, 2.24) is 0 Å². The van der Waals surface area contributed by atoms with E-state index in [0.29, 0.717) is 11.8 Å². The van der Waals surface area contributed by atoms with Crippen LogP contribution in [0.5, 0.6) is 0 Å². The van der Waals surface area contributed by atoms with Crippen LogP contribution in [0.1, 0.15) is 38.0 Å². The fourth-order valence-corrected chi connectivity index (χ4v) is 2.08. The fraction of sp³-hybridized carbons (Fsp3) is 0.158. The van der Waals surface area contributed by atoms with Gasteiger partial charge >= 0.3 is 11.9 Å². The van der Waals surface area contributed by atoms with Gasteiger partial charge in [-0.25, -0.2) is 9.59 Å². The molecule has 7 heteroatoms. The number of anilines is 1. The van der Waals surface area contributed by atoms with Gasteiger partial charge in [0.25, 0.3) is 5.91 Å². The van der Waals surface area contributed by atoms with Gasteiger partial charge in [-0.05, 0) is 31.2 Å². The van der Waals surface area contributed by atoms with Gasteiger partial charge in [-0.1, -0.05) is 24.3 Å². The number of esters is 2. The van der Waals surface area contributed by atoms with E-state index in [1.165, 1.54) is 30.3 Å². The van der Waals surface area contributed by atoms with Crippen molar-refractivity contribution in [1.29, 1.82) is 0 Å². The summed E-state index contributed by atoms with van der Waals surface area (Å²) in [6.45, 7) is 1.37. The Morgan fingerprint density at radius 3 is 2.31 bits per heavy atom. The zero-order chi connectivity index (χ0) is 18.9. The molecule has 0 aromatic heterocycles. The van der Waals surface area contributed by atoms with E-state index in [9.17, 15) is 19.2 Å². The van der Waals surface area contributed by atoms with Gasteiger partial charge in [0.2, 0.25) is 0 Å². The Bertz CT molecular complexity index is 813. The maximum Gasteiger partial charge on any atom is 0.340 e. The number of para-hydroxylation sites is 1. The normalized spacial score (nSPS) is 9.88. The molecular formula is C19H17NO6. The van der Waals surface area contributed by atoms with E-state index < -0.39 is 24.5 Å². The molecule has 134 valence electrons. The molecule has 7 nitrogen and oxygen atoms in total. The van der Waals surface area contributed by atoms with Crippen molar-refractivity contribution in [3.63, 3.8) is 0 Å². The van der Waals surface area contributed by atoms with Crippen molar-refractivity contribution in [2.45, 2.75) is 6.92 Å². The highest BCUT2D eigenvalue weighted by Gasteiger charge is 2.15. The molecule has 1 N–H and O–H groups in total. The minimum Gasteiger partial charge on any atom is -0.462 e. The van der Waals surface area contributed by atoms with Crippen LogP contribution in [-0.4, -0.2) is 37.3 Å². The predicted molar refractivity (Wildman–Crippen MR) is 93.1 cm³/mol. The lowest BCUT2D eigenvalue weighted by molar-refractivity contribution is -0.119. The predicted octanol–water partition coefficient (Wildman–Crippen LogP) is 2.47. The van der Waals surface area contributed by atoms with Gasteiger partial charge in [0.15, 0.2) is 6.61 Å². The summed E-state index contributed by atoms with van der Waals surface area (Å²) in [6.07, 6.45) is 0.656. The van der Waals surface area contributed by atoms with E-state index in [2.05, 4.69) is 5.32 Å². The van der Waals surface area contributed by atoms with Crippen LogP contribution < -0.4 is 5.32 Å². The summed E-state index contributed by atoms with van der Waals surface area (Å²) in [5.41, 5.74) is 1.12. The van der Waals surface area contributed by atoms with Crippen molar-refractivity contribution in [2.75, 3.05) is 18.5 Å². The highest BCUT2D eigenvalue weighted by Crippen LogP contribution is 2.16. The second kappa shape index (κ2) is 9.12. The second-order valence-electron chi connectivity index (χ2n) is 5.13. The van der Waals surface area contributed by atoms with Gasteiger partial charge < -0.3 is 14.8 Å². The van der Waals surface area contributed by atoms with Crippen molar-refractivity contribution in [3.8, 4) is 0 Å². The van der Waals surface area contributed by atoms with Crippen LogP contribution >= 0.6 is 0 Å².